The van der Waals surface area contributed by atoms with Gasteiger partial charge in [0, 0.05) is 17.3 Å². The van der Waals surface area contributed by atoms with Crippen LogP contribution in [0.2, 0.25) is 0 Å². The SMILES string of the molecule is CCOc1cc(-c2noc(-c3ccccc3)n2)ccc1OCC(=O)Nc1ccccn1. The predicted octanol–water partition coefficient (Wildman–Crippen LogP) is 4.21. The summed E-state index contributed by atoms with van der Waals surface area (Å²) in [5, 5.41) is 6.73. The van der Waals surface area contributed by atoms with Crippen LogP contribution in [-0.4, -0.2) is 34.2 Å². The second-order valence-electron chi connectivity index (χ2n) is 6.44. The Balaban J connectivity index is 1.48. The van der Waals surface area contributed by atoms with Gasteiger partial charge >= 0.3 is 0 Å². The van der Waals surface area contributed by atoms with Crippen LogP contribution in [0, 0.1) is 0 Å². The number of hydrogen-bond acceptors (Lipinski definition) is 7. The van der Waals surface area contributed by atoms with Gasteiger partial charge in [0.25, 0.3) is 11.8 Å². The van der Waals surface area contributed by atoms with Crippen molar-refractivity contribution in [3.63, 3.8) is 0 Å². The molecular weight excluding hydrogens is 396 g/mol. The van der Waals surface area contributed by atoms with Crippen LogP contribution in [0.5, 0.6) is 11.5 Å². The minimum absolute atomic E-state index is 0.184. The molecule has 0 saturated carbocycles. The second kappa shape index (κ2) is 9.53. The van der Waals surface area contributed by atoms with E-state index >= 15 is 0 Å². The van der Waals surface area contributed by atoms with E-state index in [0.717, 1.165) is 5.56 Å². The van der Waals surface area contributed by atoms with Gasteiger partial charge in [-0.25, -0.2) is 4.98 Å². The molecule has 0 radical (unpaired) electrons. The Morgan fingerprint density at radius 1 is 0.968 bits per heavy atom. The van der Waals surface area contributed by atoms with Crippen molar-refractivity contribution in [1.82, 2.24) is 15.1 Å². The van der Waals surface area contributed by atoms with Crippen molar-refractivity contribution in [3.05, 3.63) is 72.9 Å². The number of amides is 1. The highest BCUT2D eigenvalue weighted by atomic mass is 16.5. The maximum absolute atomic E-state index is 12.1. The number of nitrogens with zero attached hydrogens (tertiary/aromatic N) is 3. The molecule has 2 heterocycles. The van der Waals surface area contributed by atoms with E-state index in [1.54, 1.807) is 42.6 Å². The van der Waals surface area contributed by atoms with Gasteiger partial charge in [-0.05, 0) is 49.4 Å². The molecule has 0 unspecified atom stereocenters. The molecule has 0 atom stereocenters. The second-order valence-corrected chi connectivity index (χ2v) is 6.44. The lowest BCUT2D eigenvalue weighted by Crippen LogP contribution is -2.20. The van der Waals surface area contributed by atoms with Crippen LogP contribution in [-0.2, 0) is 4.79 Å². The molecule has 4 rings (SSSR count). The fourth-order valence-corrected chi connectivity index (χ4v) is 2.83. The van der Waals surface area contributed by atoms with Crippen LogP contribution < -0.4 is 14.8 Å². The molecular formula is C23H20N4O4. The summed E-state index contributed by atoms with van der Waals surface area (Å²) in [6, 6.07) is 20.1. The van der Waals surface area contributed by atoms with Gasteiger partial charge in [0.2, 0.25) is 5.82 Å². The molecule has 31 heavy (non-hydrogen) atoms. The summed E-state index contributed by atoms with van der Waals surface area (Å²) in [7, 11) is 0. The minimum Gasteiger partial charge on any atom is -0.490 e. The standard InChI is InChI=1S/C23H20N4O4/c1-2-29-19-14-17(22-26-23(31-27-22)16-8-4-3-5-9-16)11-12-18(19)30-15-21(28)25-20-10-6-7-13-24-20/h3-14H,2,15H2,1H3,(H,24,25,28). The summed E-state index contributed by atoms with van der Waals surface area (Å²) in [6.45, 7) is 2.11. The predicted molar refractivity (Wildman–Crippen MR) is 115 cm³/mol. The molecule has 2 aromatic carbocycles. The molecule has 0 aliphatic rings. The number of carbonyl (C=O) groups is 1. The number of carbonyl (C=O) groups excluding carboxylic acids is 1. The molecule has 0 bridgehead atoms. The first-order chi connectivity index (χ1) is 15.2. The zero-order chi connectivity index (χ0) is 21.5. The molecule has 0 spiro atoms. The third-order valence-electron chi connectivity index (χ3n) is 4.24. The first-order valence-corrected chi connectivity index (χ1v) is 9.73. The summed E-state index contributed by atoms with van der Waals surface area (Å²) in [5.74, 6) is 1.92. The molecule has 1 N–H and O–H groups in total. The van der Waals surface area contributed by atoms with E-state index < -0.39 is 0 Å². The Hall–Kier alpha value is -4.20. The van der Waals surface area contributed by atoms with Gasteiger partial charge in [0.05, 0.1) is 6.61 Å². The Bertz CT molecular complexity index is 1150. The molecule has 8 heteroatoms. The highest BCUT2D eigenvalue weighted by Gasteiger charge is 2.15. The lowest BCUT2D eigenvalue weighted by Gasteiger charge is -2.12. The third kappa shape index (κ3) is 5.05. The highest BCUT2D eigenvalue weighted by Crippen LogP contribution is 2.32. The molecule has 1 amide bonds. The molecule has 8 nitrogen and oxygen atoms in total. The van der Waals surface area contributed by atoms with Crippen molar-refractivity contribution < 1.29 is 18.8 Å². The Morgan fingerprint density at radius 3 is 2.58 bits per heavy atom. The Morgan fingerprint density at radius 2 is 1.81 bits per heavy atom. The number of ether oxygens (including phenoxy) is 2. The van der Waals surface area contributed by atoms with E-state index in [-0.39, 0.29) is 12.5 Å². The van der Waals surface area contributed by atoms with Crippen LogP contribution in [0.3, 0.4) is 0 Å². The van der Waals surface area contributed by atoms with Crippen LogP contribution in [0.4, 0.5) is 5.82 Å². The highest BCUT2D eigenvalue weighted by molar-refractivity contribution is 5.90. The molecule has 156 valence electrons. The number of hydrogen-bond donors (Lipinski definition) is 1. The summed E-state index contributed by atoms with van der Waals surface area (Å²) in [4.78, 5) is 20.6. The number of nitrogens with one attached hydrogen (secondary N) is 1. The molecule has 0 aliphatic carbocycles. The minimum atomic E-state index is -0.323. The zero-order valence-corrected chi connectivity index (χ0v) is 16.8. The summed E-state index contributed by atoms with van der Waals surface area (Å²) < 4.78 is 16.7. The van der Waals surface area contributed by atoms with E-state index in [1.165, 1.54) is 0 Å². The smallest absolute Gasteiger partial charge is 0.263 e. The van der Waals surface area contributed by atoms with Crippen LogP contribution in [0.15, 0.2) is 77.4 Å². The van der Waals surface area contributed by atoms with Gasteiger partial charge in [-0.1, -0.05) is 29.4 Å². The van der Waals surface area contributed by atoms with E-state index in [4.69, 9.17) is 14.0 Å². The monoisotopic (exact) mass is 416 g/mol. The van der Waals surface area contributed by atoms with E-state index in [0.29, 0.717) is 41.2 Å². The summed E-state index contributed by atoms with van der Waals surface area (Å²) in [6.07, 6.45) is 1.60. The van der Waals surface area contributed by atoms with E-state index in [1.807, 2.05) is 37.3 Å². The van der Waals surface area contributed by atoms with Gasteiger partial charge in [0.1, 0.15) is 5.82 Å². The number of aromatic nitrogens is 3. The van der Waals surface area contributed by atoms with Gasteiger partial charge in [-0.2, -0.15) is 4.98 Å². The van der Waals surface area contributed by atoms with Gasteiger partial charge in [-0.15, -0.1) is 0 Å². The maximum Gasteiger partial charge on any atom is 0.263 e. The molecule has 2 aromatic heterocycles. The first kappa shape index (κ1) is 20.1. The van der Waals surface area contributed by atoms with Gasteiger partial charge in [-0.3, -0.25) is 4.79 Å². The van der Waals surface area contributed by atoms with Gasteiger partial charge in [0.15, 0.2) is 18.1 Å². The third-order valence-corrected chi connectivity index (χ3v) is 4.24. The van der Waals surface area contributed by atoms with Crippen molar-refractivity contribution in [1.29, 1.82) is 0 Å². The largest absolute Gasteiger partial charge is 0.490 e. The fourth-order valence-electron chi connectivity index (χ4n) is 2.83. The lowest BCUT2D eigenvalue weighted by molar-refractivity contribution is -0.118. The number of rotatable bonds is 8. The number of pyridine rings is 1. The van der Waals surface area contributed by atoms with Crippen LogP contribution in [0.25, 0.3) is 22.8 Å². The van der Waals surface area contributed by atoms with Crippen molar-refractivity contribution in [2.45, 2.75) is 6.92 Å². The van der Waals surface area contributed by atoms with Crippen LogP contribution in [0.1, 0.15) is 6.92 Å². The van der Waals surface area contributed by atoms with E-state index in [9.17, 15) is 4.79 Å². The fraction of sp³-hybridized carbons (Fsp3) is 0.130. The zero-order valence-electron chi connectivity index (χ0n) is 16.8. The topological polar surface area (TPSA) is 99.4 Å². The molecule has 0 saturated heterocycles. The average Bonchev–Trinajstić information content (AvgIpc) is 3.30. The number of benzene rings is 2. The summed E-state index contributed by atoms with van der Waals surface area (Å²) in [5.41, 5.74) is 1.55. The summed E-state index contributed by atoms with van der Waals surface area (Å²) >= 11 is 0. The van der Waals surface area contributed by atoms with Crippen molar-refractivity contribution in [2.75, 3.05) is 18.5 Å². The van der Waals surface area contributed by atoms with Crippen LogP contribution >= 0.6 is 0 Å². The Kier molecular flexibility index (Phi) is 6.18. The van der Waals surface area contributed by atoms with Gasteiger partial charge < -0.3 is 19.3 Å². The normalized spacial score (nSPS) is 10.5. The number of anilines is 1. The lowest BCUT2D eigenvalue weighted by atomic mass is 10.2. The average molecular weight is 416 g/mol. The first-order valence-electron chi connectivity index (χ1n) is 9.73. The maximum atomic E-state index is 12.1. The van der Waals surface area contributed by atoms with Crippen molar-refractivity contribution >= 4 is 11.7 Å². The molecule has 4 aromatic rings. The quantitative estimate of drug-likeness (QED) is 0.459. The molecule has 0 fully saturated rings. The van der Waals surface area contributed by atoms with Crippen molar-refractivity contribution in [2.24, 2.45) is 0 Å². The molecule has 0 aliphatic heterocycles. The Labute approximate surface area is 178 Å². The van der Waals surface area contributed by atoms with Crippen molar-refractivity contribution in [3.8, 4) is 34.3 Å². The van der Waals surface area contributed by atoms with E-state index in [2.05, 4.69) is 20.4 Å².